The maximum Gasteiger partial charge on any atom is 0.124 e. The summed E-state index contributed by atoms with van der Waals surface area (Å²) < 4.78 is 18.9. The molecule has 1 heterocycles. The third-order valence-corrected chi connectivity index (χ3v) is 4.07. The molecule has 1 aromatic carbocycles. The number of hydrogen-bond acceptors (Lipinski definition) is 3. The van der Waals surface area contributed by atoms with Crippen molar-refractivity contribution in [1.29, 1.82) is 0 Å². The highest BCUT2D eigenvalue weighted by molar-refractivity contribution is 5.42. The molecule has 3 nitrogen and oxygen atoms in total. The number of benzene rings is 1. The lowest BCUT2D eigenvalue weighted by atomic mass is 9.95. The van der Waals surface area contributed by atoms with Gasteiger partial charge < -0.3 is 10.5 Å². The molecule has 0 aliphatic carbocycles. The Labute approximate surface area is 126 Å². The SMILES string of the molecule is COC1CN(Cc2ccc(F)cc2C#CCN)CCC1C. The molecule has 0 aromatic heterocycles. The smallest absolute Gasteiger partial charge is 0.124 e. The van der Waals surface area contributed by atoms with Crippen LogP contribution in [0.3, 0.4) is 0 Å². The Morgan fingerprint density at radius 2 is 2.29 bits per heavy atom. The summed E-state index contributed by atoms with van der Waals surface area (Å²) in [6, 6.07) is 4.79. The van der Waals surface area contributed by atoms with E-state index in [1.54, 1.807) is 7.11 Å². The third-order valence-electron chi connectivity index (χ3n) is 4.07. The van der Waals surface area contributed by atoms with Crippen LogP contribution in [0.25, 0.3) is 0 Å². The Hall–Kier alpha value is -1.41. The van der Waals surface area contributed by atoms with Gasteiger partial charge in [-0.3, -0.25) is 4.90 Å². The molecule has 1 saturated heterocycles. The van der Waals surface area contributed by atoms with Gasteiger partial charge >= 0.3 is 0 Å². The van der Waals surface area contributed by atoms with Gasteiger partial charge in [-0.05, 0) is 36.6 Å². The van der Waals surface area contributed by atoms with E-state index in [2.05, 4.69) is 23.7 Å². The zero-order chi connectivity index (χ0) is 15.2. The molecule has 1 aliphatic heterocycles. The van der Waals surface area contributed by atoms with Crippen LogP contribution in [-0.4, -0.2) is 37.7 Å². The number of piperidine rings is 1. The summed E-state index contributed by atoms with van der Waals surface area (Å²) in [6.07, 6.45) is 1.38. The minimum Gasteiger partial charge on any atom is -0.380 e. The molecule has 114 valence electrons. The van der Waals surface area contributed by atoms with Crippen molar-refractivity contribution in [3.05, 3.63) is 35.1 Å². The van der Waals surface area contributed by atoms with Gasteiger partial charge in [0, 0.05) is 25.8 Å². The molecule has 1 aromatic rings. The molecule has 0 amide bonds. The van der Waals surface area contributed by atoms with Crippen LogP contribution < -0.4 is 5.73 Å². The van der Waals surface area contributed by atoms with E-state index in [-0.39, 0.29) is 18.5 Å². The van der Waals surface area contributed by atoms with Gasteiger partial charge in [0.25, 0.3) is 0 Å². The quantitative estimate of drug-likeness (QED) is 0.865. The van der Waals surface area contributed by atoms with Crippen molar-refractivity contribution in [3.63, 3.8) is 0 Å². The van der Waals surface area contributed by atoms with Gasteiger partial charge in [-0.15, -0.1) is 0 Å². The second-order valence-corrected chi connectivity index (χ2v) is 5.58. The van der Waals surface area contributed by atoms with E-state index in [1.165, 1.54) is 12.1 Å². The number of hydrogen-bond donors (Lipinski definition) is 1. The molecule has 2 unspecified atom stereocenters. The summed E-state index contributed by atoms with van der Waals surface area (Å²) in [6.45, 7) is 5.20. The first-order chi connectivity index (χ1) is 10.1. The molecule has 0 bridgehead atoms. The largest absolute Gasteiger partial charge is 0.380 e. The Balaban J connectivity index is 2.12. The number of ether oxygens (including phenoxy) is 1. The predicted molar refractivity (Wildman–Crippen MR) is 82.2 cm³/mol. The van der Waals surface area contributed by atoms with Crippen molar-refractivity contribution >= 4 is 0 Å². The first kappa shape index (κ1) is 16.0. The molecule has 1 aliphatic rings. The molecular formula is C17H23FN2O. The van der Waals surface area contributed by atoms with Crippen LogP contribution in [-0.2, 0) is 11.3 Å². The minimum atomic E-state index is -0.262. The van der Waals surface area contributed by atoms with E-state index in [1.807, 2.05) is 6.07 Å². The fourth-order valence-corrected chi connectivity index (χ4v) is 2.74. The van der Waals surface area contributed by atoms with Crippen molar-refractivity contribution in [2.75, 3.05) is 26.7 Å². The lowest BCUT2D eigenvalue weighted by Crippen LogP contribution is -2.43. The maximum atomic E-state index is 13.4. The molecule has 2 N–H and O–H groups in total. The van der Waals surface area contributed by atoms with Crippen LogP contribution in [0.5, 0.6) is 0 Å². The summed E-state index contributed by atoms with van der Waals surface area (Å²) in [5.74, 6) is 6.09. The second-order valence-electron chi connectivity index (χ2n) is 5.58. The van der Waals surface area contributed by atoms with Gasteiger partial charge in [0.2, 0.25) is 0 Å². The predicted octanol–water partition coefficient (Wildman–Crippen LogP) is 1.99. The van der Waals surface area contributed by atoms with E-state index in [4.69, 9.17) is 10.5 Å². The summed E-state index contributed by atoms with van der Waals surface area (Å²) in [7, 11) is 1.76. The van der Waals surface area contributed by atoms with Crippen molar-refractivity contribution in [2.45, 2.75) is 26.0 Å². The Morgan fingerprint density at radius 3 is 3.00 bits per heavy atom. The highest BCUT2D eigenvalue weighted by Gasteiger charge is 2.26. The van der Waals surface area contributed by atoms with Crippen molar-refractivity contribution in [3.8, 4) is 11.8 Å². The number of nitrogens with zero attached hydrogens (tertiary/aromatic N) is 1. The van der Waals surface area contributed by atoms with E-state index < -0.39 is 0 Å². The summed E-state index contributed by atoms with van der Waals surface area (Å²) in [5.41, 5.74) is 7.18. The highest BCUT2D eigenvalue weighted by atomic mass is 19.1. The molecule has 21 heavy (non-hydrogen) atoms. The first-order valence-electron chi connectivity index (χ1n) is 7.36. The molecule has 2 rings (SSSR count). The molecule has 4 heteroatoms. The summed E-state index contributed by atoms with van der Waals surface area (Å²) in [5, 5.41) is 0. The van der Waals surface area contributed by atoms with E-state index in [0.29, 0.717) is 5.92 Å². The van der Waals surface area contributed by atoms with Crippen LogP contribution in [0.4, 0.5) is 4.39 Å². The van der Waals surface area contributed by atoms with Crippen LogP contribution in [0.15, 0.2) is 18.2 Å². The van der Waals surface area contributed by atoms with E-state index in [0.717, 1.165) is 37.2 Å². The van der Waals surface area contributed by atoms with Gasteiger partial charge in [0.15, 0.2) is 0 Å². The lowest BCUT2D eigenvalue weighted by molar-refractivity contribution is -0.00747. The average molecular weight is 290 g/mol. The van der Waals surface area contributed by atoms with Gasteiger partial charge in [-0.25, -0.2) is 4.39 Å². The van der Waals surface area contributed by atoms with E-state index in [9.17, 15) is 4.39 Å². The molecule has 0 saturated carbocycles. The van der Waals surface area contributed by atoms with Crippen LogP contribution in [0.1, 0.15) is 24.5 Å². The molecular weight excluding hydrogens is 267 g/mol. The highest BCUT2D eigenvalue weighted by Crippen LogP contribution is 2.22. The van der Waals surface area contributed by atoms with Crippen molar-refractivity contribution in [2.24, 2.45) is 11.7 Å². The zero-order valence-corrected chi connectivity index (χ0v) is 12.7. The van der Waals surface area contributed by atoms with Gasteiger partial charge in [-0.1, -0.05) is 24.8 Å². The van der Waals surface area contributed by atoms with Crippen molar-refractivity contribution in [1.82, 2.24) is 4.90 Å². The maximum absolute atomic E-state index is 13.4. The topological polar surface area (TPSA) is 38.5 Å². The van der Waals surface area contributed by atoms with Gasteiger partial charge in [-0.2, -0.15) is 0 Å². The number of nitrogens with two attached hydrogens (primary N) is 1. The average Bonchev–Trinajstić information content (AvgIpc) is 2.49. The monoisotopic (exact) mass is 290 g/mol. The number of rotatable bonds is 3. The Bertz CT molecular complexity index is 535. The summed E-state index contributed by atoms with van der Waals surface area (Å²) >= 11 is 0. The normalized spacial score (nSPS) is 22.7. The second kappa shape index (κ2) is 7.56. The molecule has 1 fully saturated rings. The zero-order valence-electron chi connectivity index (χ0n) is 12.7. The molecule has 0 spiro atoms. The van der Waals surface area contributed by atoms with E-state index >= 15 is 0 Å². The van der Waals surface area contributed by atoms with Gasteiger partial charge in [0.1, 0.15) is 5.82 Å². The van der Waals surface area contributed by atoms with Crippen molar-refractivity contribution < 1.29 is 9.13 Å². The number of halogens is 1. The first-order valence-corrected chi connectivity index (χ1v) is 7.36. The van der Waals surface area contributed by atoms with Crippen LogP contribution >= 0.6 is 0 Å². The minimum absolute atomic E-state index is 0.262. The number of methoxy groups -OCH3 is 1. The fourth-order valence-electron chi connectivity index (χ4n) is 2.74. The fraction of sp³-hybridized carbons (Fsp3) is 0.529. The number of likely N-dealkylation sites (tertiary alicyclic amines) is 1. The molecule has 0 radical (unpaired) electrons. The third kappa shape index (κ3) is 4.28. The summed E-state index contributed by atoms with van der Waals surface area (Å²) in [4.78, 5) is 2.34. The lowest BCUT2D eigenvalue weighted by Gasteiger charge is -2.36. The molecule has 2 atom stereocenters. The van der Waals surface area contributed by atoms with Gasteiger partial charge in [0.05, 0.1) is 12.6 Å². The Morgan fingerprint density at radius 1 is 1.48 bits per heavy atom. The van der Waals surface area contributed by atoms with Crippen LogP contribution in [0.2, 0.25) is 0 Å². The standard InChI is InChI=1S/C17H23FN2O/c1-13-7-9-20(12-17(13)21-2)11-15-5-6-16(18)10-14(15)4-3-8-19/h5-6,10,13,17H,7-9,11-12,19H2,1-2H3. The van der Waals surface area contributed by atoms with Crippen LogP contribution in [0, 0.1) is 23.6 Å². The Kier molecular flexibility index (Phi) is 5.75.